The number of hydrogen-bond acceptors (Lipinski definition) is 2. The average Bonchev–Trinajstić information content (AvgIpc) is 2.90. The zero-order valence-electron chi connectivity index (χ0n) is 13.9. The highest BCUT2D eigenvalue weighted by molar-refractivity contribution is 5.85. The number of amides is 1. The summed E-state index contributed by atoms with van der Waals surface area (Å²) in [6.07, 6.45) is -3.49. The predicted molar refractivity (Wildman–Crippen MR) is 90.1 cm³/mol. The van der Waals surface area contributed by atoms with Gasteiger partial charge in [0.15, 0.2) is 0 Å². The normalized spacial score (nSPS) is 22.2. The van der Waals surface area contributed by atoms with Crippen molar-refractivity contribution in [2.24, 2.45) is 11.1 Å². The van der Waals surface area contributed by atoms with Crippen LogP contribution in [-0.4, -0.2) is 30.4 Å². The molecule has 2 atom stereocenters. The van der Waals surface area contributed by atoms with Crippen molar-refractivity contribution in [2.75, 3.05) is 19.6 Å². The lowest BCUT2D eigenvalue weighted by molar-refractivity contribution is -0.139. The highest BCUT2D eigenvalue weighted by Crippen LogP contribution is 2.36. The van der Waals surface area contributed by atoms with Crippen molar-refractivity contribution < 1.29 is 18.0 Å². The van der Waals surface area contributed by atoms with Gasteiger partial charge < -0.3 is 10.6 Å². The fraction of sp³-hybridized carbons (Fsp3) is 0.588. The standard InChI is InChI=1S/C17H23F3N2O.ClH/c1-12(13-5-3-4-6-14(13)17(18,19)20)9-15(23)22-8-7-16(2,10-21)11-22;/h3-6,12H,7-11,21H2,1-2H3;1H. The third-order valence-electron chi connectivity index (χ3n) is 4.68. The Bertz CT molecular complexity index is 579. The van der Waals surface area contributed by atoms with Crippen LogP contribution < -0.4 is 5.73 Å². The Labute approximate surface area is 146 Å². The van der Waals surface area contributed by atoms with Gasteiger partial charge in [0.1, 0.15) is 0 Å². The molecule has 1 aromatic rings. The average molecular weight is 365 g/mol. The molecule has 24 heavy (non-hydrogen) atoms. The predicted octanol–water partition coefficient (Wildman–Crippen LogP) is 3.82. The zero-order valence-corrected chi connectivity index (χ0v) is 14.7. The number of rotatable bonds is 4. The monoisotopic (exact) mass is 364 g/mol. The molecule has 0 aliphatic carbocycles. The van der Waals surface area contributed by atoms with Crippen LogP contribution in [0.15, 0.2) is 24.3 Å². The molecule has 1 aliphatic heterocycles. The first kappa shape index (κ1) is 20.8. The summed E-state index contributed by atoms with van der Waals surface area (Å²) in [7, 11) is 0. The van der Waals surface area contributed by atoms with E-state index >= 15 is 0 Å². The van der Waals surface area contributed by atoms with Gasteiger partial charge in [-0.3, -0.25) is 4.79 Å². The lowest BCUT2D eigenvalue weighted by Gasteiger charge is -2.24. The van der Waals surface area contributed by atoms with E-state index in [0.717, 1.165) is 12.5 Å². The number of nitrogens with two attached hydrogens (primary N) is 1. The van der Waals surface area contributed by atoms with Gasteiger partial charge in [0.25, 0.3) is 0 Å². The number of carbonyl (C=O) groups excluding carboxylic acids is 1. The molecule has 1 fully saturated rings. The Kier molecular flexibility index (Phi) is 6.70. The summed E-state index contributed by atoms with van der Waals surface area (Å²) in [5, 5.41) is 0. The molecule has 0 saturated carbocycles. The maximum atomic E-state index is 13.1. The number of likely N-dealkylation sites (tertiary alicyclic amines) is 1. The van der Waals surface area contributed by atoms with Gasteiger partial charge in [-0.25, -0.2) is 0 Å². The number of alkyl halides is 3. The van der Waals surface area contributed by atoms with Gasteiger partial charge in [0.05, 0.1) is 5.56 Å². The molecule has 1 saturated heterocycles. The van der Waals surface area contributed by atoms with Crippen molar-refractivity contribution in [3.63, 3.8) is 0 Å². The fourth-order valence-corrected chi connectivity index (χ4v) is 3.09. The second-order valence-corrected chi connectivity index (χ2v) is 6.77. The minimum atomic E-state index is -4.40. The van der Waals surface area contributed by atoms with E-state index in [1.54, 1.807) is 17.9 Å². The van der Waals surface area contributed by atoms with Crippen LogP contribution >= 0.6 is 12.4 Å². The zero-order chi connectivity index (χ0) is 17.3. The molecule has 2 rings (SSSR count). The van der Waals surface area contributed by atoms with E-state index in [1.165, 1.54) is 12.1 Å². The Morgan fingerprint density at radius 3 is 2.54 bits per heavy atom. The van der Waals surface area contributed by atoms with Crippen LogP contribution in [-0.2, 0) is 11.0 Å². The highest BCUT2D eigenvalue weighted by atomic mass is 35.5. The number of carbonyl (C=O) groups is 1. The van der Waals surface area contributed by atoms with Crippen LogP contribution in [0.4, 0.5) is 13.2 Å². The first-order valence-electron chi connectivity index (χ1n) is 7.80. The van der Waals surface area contributed by atoms with Crippen molar-refractivity contribution in [1.82, 2.24) is 4.90 Å². The molecule has 1 aromatic carbocycles. The topological polar surface area (TPSA) is 46.3 Å². The minimum absolute atomic E-state index is 0. The molecule has 1 aliphatic rings. The number of benzene rings is 1. The summed E-state index contributed by atoms with van der Waals surface area (Å²) >= 11 is 0. The summed E-state index contributed by atoms with van der Waals surface area (Å²) < 4.78 is 39.3. The van der Waals surface area contributed by atoms with Crippen molar-refractivity contribution in [3.05, 3.63) is 35.4 Å². The quantitative estimate of drug-likeness (QED) is 0.882. The first-order chi connectivity index (χ1) is 10.7. The van der Waals surface area contributed by atoms with Gasteiger partial charge in [0.2, 0.25) is 5.91 Å². The molecule has 2 N–H and O–H groups in total. The van der Waals surface area contributed by atoms with Crippen LogP contribution in [0.3, 0.4) is 0 Å². The van der Waals surface area contributed by atoms with E-state index < -0.39 is 17.7 Å². The molecular weight excluding hydrogens is 341 g/mol. The summed E-state index contributed by atoms with van der Waals surface area (Å²) in [6, 6.07) is 5.47. The minimum Gasteiger partial charge on any atom is -0.342 e. The molecule has 0 spiro atoms. The summed E-state index contributed by atoms with van der Waals surface area (Å²) in [5.41, 5.74) is 5.16. The Hall–Kier alpha value is -1.27. The van der Waals surface area contributed by atoms with E-state index in [0.29, 0.717) is 19.6 Å². The van der Waals surface area contributed by atoms with Crippen LogP contribution in [0, 0.1) is 5.41 Å². The summed E-state index contributed by atoms with van der Waals surface area (Å²) in [5.74, 6) is -0.586. The number of halogens is 4. The van der Waals surface area contributed by atoms with Gasteiger partial charge in [-0.1, -0.05) is 32.0 Å². The highest BCUT2D eigenvalue weighted by Gasteiger charge is 2.37. The molecule has 2 unspecified atom stereocenters. The van der Waals surface area contributed by atoms with Crippen molar-refractivity contribution in [1.29, 1.82) is 0 Å². The smallest absolute Gasteiger partial charge is 0.342 e. The maximum absolute atomic E-state index is 13.1. The van der Waals surface area contributed by atoms with Crippen molar-refractivity contribution in [2.45, 2.75) is 38.8 Å². The van der Waals surface area contributed by atoms with E-state index in [2.05, 4.69) is 0 Å². The molecule has 0 radical (unpaired) electrons. The van der Waals surface area contributed by atoms with Crippen LogP contribution in [0.5, 0.6) is 0 Å². The van der Waals surface area contributed by atoms with E-state index in [4.69, 9.17) is 5.73 Å². The Morgan fingerprint density at radius 2 is 2.00 bits per heavy atom. The molecule has 136 valence electrons. The Balaban J connectivity index is 0.00000288. The van der Waals surface area contributed by atoms with Crippen molar-refractivity contribution in [3.8, 4) is 0 Å². The van der Waals surface area contributed by atoms with E-state index in [-0.39, 0.29) is 35.7 Å². The molecule has 3 nitrogen and oxygen atoms in total. The molecule has 1 amide bonds. The molecular formula is C17H24ClF3N2O. The van der Waals surface area contributed by atoms with Gasteiger partial charge >= 0.3 is 6.18 Å². The number of hydrogen-bond donors (Lipinski definition) is 1. The second-order valence-electron chi connectivity index (χ2n) is 6.77. The maximum Gasteiger partial charge on any atom is 0.416 e. The third kappa shape index (κ3) is 4.63. The van der Waals surface area contributed by atoms with Crippen LogP contribution in [0.1, 0.15) is 43.7 Å². The van der Waals surface area contributed by atoms with Gasteiger partial charge in [-0.05, 0) is 35.9 Å². The van der Waals surface area contributed by atoms with E-state index in [1.807, 2.05) is 6.92 Å². The third-order valence-corrected chi connectivity index (χ3v) is 4.68. The second kappa shape index (κ2) is 7.74. The summed E-state index contributed by atoms with van der Waals surface area (Å²) in [4.78, 5) is 14.1. The van der Waals surface area contributed by atoms with Crippen molar-refractivity contribution >= 4 is 18.3 Å². The van der Waals surface area contributed by atoms with Gasteiger partial charge in [-0.2, -0.15) is 13.2 Å². The van der Waals surface area contributed by atoms with Gasteiger partial charge in [-0.15, -0.1) is 12.4 Å². The SMILES string of the molecule is CC(CC(=O)N1CCC(C)(CN)C1)c1ccccc1C(F)(F)F.Cl. The van der Waals surface area contributed by atoms with Crippen LogP contribution in [0.25, 0.3) is 0 Å². The first-order valence-corrected chi connectivity index (χ1v) is 7.80. The molecule has 0 aromatic heterocycles. The number of nitrogens with zero attached hydrogens (tertiary/aromatic N) is 1. The lowest BCUT2D eigenvalue weighted by atomic mass is 9.90. The van der Waals surface area contributed by atoms with Gasteiger partial charge in [0, 0.05) is 19.5 Å². The summed E-state index contributed by atoms with van der Waals surface area (Å²) in [6.45, 7) is 5.41. The molecule has 7 heteroatoms. The fourth-order valence-electron chi connectivity index (χ4n) is 3.09. The molecule has 0 bridgehead atoms. The largest absolute Gasteiger partial charge is 0.416 e. The van der Waals surface area contributed by atoms with E-state index in [9.17, 15) is 18.0 Å². The Morgan fingerprint density at radius 1 is 1.38 bits per heavy atom. The van der Waals surface area contributed by atoms with Crippen LogP contribution in [0.2, 0.25) is 0 Å². The lowest BCUT2D eigenvalue weighted by Crippen LogP contribution is -2.35. The molecule has 1 heterocycles.